The Morgan fingerprint density at radius 2 is 1.90 bits per heavy atom. The molecular formula is C23H26N4O3. The molecular weight excluding hydrogens is 380 g/mol. The first-order valence-corrected chi connectivity index (χ1v) is 10.6. The van der Waals surface area contributed by atoms with E-state index in [2.05, 4.69) is 21.3 Å². The van der Waals surface area contributed by atoms with Crippen LogP contribution in [0.25, 0.3) is 0 Å². The number of fused-ring (bicyclic) bond motifs is 1. The molecule has 30 heavy (non-hydrogen) atoms. The lowest BCUT2D eigenvalue weighted by Crippen LogP contribution is -2.51. The molecule has 2 N–H and O–H groups in total. The zero-order valence-corrected chi connectivity index (χ0v) is 16.9. The lowest BCUT2D eigenvalue weighted by atomic mass is 9.99. The van der Waals surface area contributed by atoms with Gasteiger partial charge in [-0.15, -0.1) is 0 Å². The van der Waals surface area contributed by atoms with Crippen LogP contribution in [0.4, 0.5) is 5.69 Å². The van der Waals surface area contributed by atoms with E-state index in [1.165, 1.54) is 5.56 Å². The van der Waals surface area contributed by atoms with Crippen LogP contribution in [0.15, 0.2) is 42.6 Å². The highest BCUT2D eigenvalue weighted by Crippen LogP contribution is 2.48. The van der Waals surface area contributed by atoms with E-state index >= 15 is 0 Å². The van der Waals surface area contributed by atoms with Gasteiger partial charge >= 0.3 is 0 Å². The SMILES string of the molecule is O=C(c1ccccc1N1CCc2cccnc2C1)C1CC1(O)C(=O)N1CCNCC1. The Labute approximate surface area is 175 Å². The number of Topliss-reactive ketones (excluding diaryl/α,β-unsaturated/α-hetero) is 1. The van der Waals surface area contributed by atoms with Gasteiger partial charge in [-0.05, 0) is 36.6 Å². The Bertz CT molecular complexity index is 988. The molecule has 1 saturated carbocycles. The summed E-state index contributed by atoms with van der Waals surface area (Å²) >= 11 is 0. The van der Waals surface area contributed by atoms with E-state index in [1.54, 1.807) is 17.2 Å². The molecule has 1 aromatic carbocycles. The summed E-state index contributed by atoms with van der Waals surface area (Å²) in [4.78, 5) is 34.5. The highest BCUT2D eigenvalue weighted by Gasteiger charge is 2.64. The summed E-state index contributed by atoms with van der Waals surface area (Å²) < 4.78 is 0. The second-order valence-electron chi connectivity index (χ2n) is 8.39. The molecule has 2 aromatic rings. The van der Waals surface area contributed by atoms with Gasteiger partial charge in [0.05, 0.1) is 18.2 Å². The highest BCUT2D eigenvalue weighted by atomic mass is 16.3. The standard InChI is InChI=1S/C23H26N4O3/c28-21(18-14-23(18,30)22(29)26-12-9-24-10-13-26)17-5-1-2-6-20(17)27-11-7-16-4-3-8-25-19(16)15-27/h1-6,8,18,24,30H,7,9-15H2. The Kier molecular flexibility index (Phi) is 4.79. The number of aromatic nitrogens is 1. The van der Waals surface area contributed by atoms with Crippen molar-refractivity contribution >= 4 is 17.4 Å². The van der Waals surface area contributed by atoms with Gasteiger partial charge in [0.15, 0.2) is 11.4 Å². The molecule has 7 heteroatoms. The number of benzene rings is 1. The molecule has 3 aliphatic rings. The average molecular weight is 406 g/mol. The van der Waals surface area contributed by atoms with Crippen molar-refractivity contribution in [3.8, 4) is 0 Å². The van der Waals surface area contributed by atoms with Gasteiger partial charge in [0.25, 0.3) is 5.91 Å². The molecule has 2 fully saturated rings. The topological polar surface area (TPSA) is 85.8 Å². The van der Waals surface area contributed by atoms with Gasteiger partial charge in [0.2, 0.25) is 0 Å². The van der Waals surface area contributed by atoms with Crippen LogP contribution >= 0.6 is 0 Å². The molecule has 0 bridgehead atoms. The second-order valence-corrected chi connectivity index (χ2v) is 8.39. The number of hydrogen-bond donors (Lipinski definition) is 2. The summed E-state index contributed by atoms with van der Waals surface area (Å²) in [5, 5.41) is 14.1. The van der Waals surface area contributed by atoms with Crippen LogP contribution in [-0.4, -0.2) is 65.0 Å². The summed E-state index contributed by atoms with van der Waals surface area (Å²) in [5.74, 6) is -1.13. The number of rotatable bonds is 4. The Hall–Kier alpha value is -2.77. The monoisotopic (exact) mass is 406 g/mol. The van der Waals surface area contributed by atoms with Crippen molar-refractivity contribution in [3.63, 3.8) is 0 Å². The van der Waals surface area contributed by atoms with E-state index in [4.69, 9.17) is 0 Å². The van der Waals surface area contributed by atoms with Crippen LogP contribution in [0, 0.1) is 5.92 Å². The predicted octanol–water partition coefficient (Wildman–Crippen LogP) is 1.01. The molecule has 0 spiro atoms. The van der Waals surface area contributed by atoms with E-state index in [0.717, 1.165) is 24.3 Å². The number of carbonyl (C=O) groups is 2. The van der Waals surface area contributed by atoms with Gasteiger partial charge in [-0.1, -0.05) is 18.2 Å². The molecule has 3 heterocycles. The second kappa shape index (κ2) is 7.49. The average Bonchev–Trinajstić information content (AvgIpc) is 3.51. The van der Waals surface area contributed by atoms with Crippen molar-refractivity contribution in [3.05, 3.63) is 59.4 Å². The third-order valence-electron chi connectivity index (χ3n) is 6.51. The van der Waals surface area contributed by atoms with Gasteiger partial charge in [0.1, 0.15) is 0 Å². The molecule has 1 aromatic heterocycles. The molecule has 2 aliphatic heterocycles. The third kappa shape index (κ3) is 3.28. The number of carbonyl (C=O) groups excluding carboxylic acids is 2. The number of nitrogens with zero attached hydrogens (tertiary/aromatic N) is 3. The number of amides is 1. The normalized spacial score (nSPS) is 25.6. The molecule has 2 atom stereocenters. The number of nitrogens with one attached hydrogen (secondary N) is 1. The number of piperazine rings is 1. The fraction of sp³-hybridized carbons (Fsp3) is 0.435. The quantitative estimate of drug-likeness (QED) is 0.738. The predicted molar refractivity (Wildman–Crippen MR) is 112 cm³/mol. The lowest BCUT2D eigenvalue weighted by Gasteiger charge is -2.31. The number of pyridine rings is 1. The first-order valence-electron chi connectivity index (χ1n) is 10.6. The molecule has 2 unspecified atom stereocenters. The molecule has 156 valence electrons. The van der Waals surface area contributed by atoms with Gasteiger partial charge in [-0.2, -0.15) is 0 Å². The van der Waals surface area contributed by atoms with Crippen molar-refractivity contribution in [1.82, 2.24) is 15.2 Å². The van der Waals surface area contributed by atoms with Gasteiger partial charge in [-0.3, -0.25) is 14.6 Å². The smallest absolute Gasteiger partial charge is 0.255 e. The maximum Gasteiger partial charge on any atom is 0.255 e. The summed E-state index contributed by atoms with van der Waals surface area (Å²) in [6.45, 7) is 4.02. The van der Waals surface area contributed by atoms with Gasteiger partial charge in [-0.25, -0.2) is 0 Å². The van der Waals surface area contributed by atoms with Crippen molar-refractivity contribution in [2.45, 2.75) is 25.0 Å². The van der Waals surface area contributed by atoms with E-state index in [9.17, 15) is 14.7 Å². The molecule has 0 radical (unpaired) electrons. The minimum atomic E-state index is -1.56. The highest BCUT2D eigenvalue weighted by molar-refractivity contribution is 6.09. The van der Waals surface area contributed by atoms with Crippen LogP contribution in [0.1, 0.15) is 28.0 Å². The molecule has 1 amide bonds. The minimum absolute atomic E-state index is 0.150. The van der Waals surface area contributed by atoms with E-state index < -0.39 is 11.5 Å². The maximum absolute atomic E-state index is 13.3. The Balaban J connectivity index is 1.36. The van der Waals surface area contributed by atoms with Crippen molar-refractivity contribution in [1.29, 1.82) is 0 Å². The largest absolute Gasteiger partial charge is 0.379 e. The summed E-state index contributed by atoms with van der Waals surface area (Å²) in [7, 11) is 0. The fourth-order valence-corrected chi connectivity index (χ4v) is 4.65. The third-order valence-corrected chi connectivity index (χ3v) is 6.51. The minimum Gasteiger partial charge on any atom is -0.379 e. The first-order chi connectivity index (χ1) is 14.6. The maximum atomic E-state index is 13.3. The first kappa shape index (κ1) is 19.2. The molecule has 7 nitrogen and oxygen atoms in total. The number of aliphatic hydroxyl groups is 1. The van der Waals surface area contributed by atoms with Crippen LogP contribution < -0.4 is 10.2 Å². The summed E-state index contributed by atoms with van der Waals surface area (Å²) in [6, 6.07) is 11.6. The Morgan fingerprint density at radius 3 is 2.73 bits per heavy atom. The zero-order chi connectivity index (χ0) is 20.7. The van der Waals surface area contributed by atoms with Crippen LogP contribution in [0.3, 0.4) is 0 Å². The van der Waals surface area contributed by atoms with Crippen LogP contribution in [-0.2, 0) is 17.8 Å². The van der Waals surface area contributed by atoms with Crippen LogP contribution in [0.5, 0.6) is 0 Å². The van der Waals surface area contributed by atoms with Crippen molar-refractivity contribution in [2.75, 3.05) is 37.6 Å². The molecule has 1 saturated heterocycles. The Morgan fingerprint density at radius 1 is 1.10 bits per heavy atom. The fourth-order valence-electron chi connectivity index (χ4n) is 4.65. The van der Waals surface area contributed by atoms with E-state index in [0.29, 0.717) is 38.3 Å². The number of hydrogen-bond acceptors (Lipinski definition) is 6. The molecule has 1 aliphatic carbocycles. The van der Waals surface area contributed by atoms with Gasteiger partial charge in [0, 0.05) is 50.2 Å². The lowest BCUT2D eigenvalue weighted by molar-refractivity contribution is -0.143. The number of anilines is 1. The van der Waals surface area contributed by atoms with E-state index in [1.807, 2.05) is 24.3 Å². The van der Waals surface area contributed by atoms with Crippen LogP contribution in [0.2, 0.25) is 0 Å². The summed E-state index contributed by atoms with van der Waals surface area (Å²) in [6.07, 6.45) is 2.87. The number of ketones is 1. The van der Waals surface area contributed by atoms with Crippen molar-refractivity contribution in [2.24, 2.45) is 5.92 Å². The van der Waals surface area contributed by atoms with Crippen molar-refractivity contribution < 1.29 is 14.7 Å². The number of para-hydroxylation sites is 1. The van der Waals surface area contributed by atoms with Gasteiger partial charge < -0.3 is 20.2 Å². The summed E-state index contributed by atoms with van der Waals surface area (Å²) in [5.41, 5.74) is 2.14. The zero-order valence-electron chi connectivity index (χ0n) is 16.9. The molecule has 5 rings (SSSR count). The van der Waals surface area contributed by atoms with E-state index in [-0.39, 0.29) is 18.1 Å².